The van der Waals surface area contributed by atoms with Gasteiger partial charge >= 0.3 is 0 Å². The first-order valence-corrected chi connectivity index (χ1v) is 23.0. The van der Waals surface area contributed by atoms with Gasteiger partial charge in [-0.15, -0.1) is 0 Å². The highest BCUT2D eigenvalue weighted by Crippen LogP contribution is 2.47. The number of carbonyl (C=O) groups is 1. The Morgan fingerprint density at radius 1 is 1.00 bits per heavy atom. The average molecular weight is 863 g/mol. The number of benzene rings is 3. The maximum absolute atomic E-state index is 13.1. The van der Waals surface area contributed by atoms with E-state index in [4.69, 9.17) is 35.5 Å². The van der Waals surface area contributed by atoms with Crippen molar-refractivity contribution >= 4 is 38.6 Å². The summed E-state index contributed by atoms with van der Waals surface area (Å²) in [5, 5.41) is 20.9. The van der Waals surface area contributed by atoms with E-state index in [9.17, 15) is 23.6 Å². The quantitative estimate of drug-likeness (QED) is 0.139. The fourth-order valence-corrected chi connectivity index (χ4v) is 11.5. The van der Waals surface area contributed by atoms with Gasteiger partial charge in [0.25, 0.3) is 0 Å². The molecule has 10 rings (SSSR count). The monoisotopic (exact) mass is 862 g/mol. The van der Waals surface area contributed by atoms with Crippen LogP contribution >= 0.6 is 11.6 Å². The van der Waals surface area contributed by atoms with Crippen LogP contribution in [0, 0.1) is 17.2 Å². The molecule has 0 spiro atoms. The molecule has 316 valence electrons. The predicted molar refractivity (Wildman–Crippen MR) is 228 cm³/mol. The van der Waals surface area contributed by atoms with E-state index in [0.717, 1.165) is 71.2 Å². The van der Waals surface area contributed by atoms with Crippen LogP contribution in [0.25, 0.3) is 33.7 Å². The van der Waals surface area contributed by atoms with Crippen molar-refractivity contribution in [3.63, 3.8) is 0 Å². The minimum absolute atomic E-state index is 0.0327. The number of sulfonamides is 1. The van der Waals surface area contributed by atoms with Gasteiger partial charge in [0, 0.05) is 49.4 Å². The van der Waals surface area contributed by atoms with Gasteiger partial charge in [-0.3, -0.25) is 19.3 Å². The van der Waals surface area contributed by atoms with E-state index in [1.54, 1.807) is 14.0 Å². The Bertz CT molecular complexity index is 2750. The van der Waals surface area contributed by atoms with E-state index >= 15 is 0 Å². The van der Waals surface area contributed by atoms with Crippen LogP contribution in [0.3, 0.4) is 0 Å². The Morgan fingerprint density at radius 2 is 1.79 bits per heavy atom. The first kappa shape index (κ1) is 40.1. The molecule has 3 aliphatic carbocycles. The highest BCUT2D eigenvalue weighted by atomic mass is 35.5. The lowest BCUT2D eigenvalue weighted by molar-refractivity contribution is -0.122. The van der Waals surface area contributed by atoms with Gasteiger partial charge in [-0.2, -0.15) is 10.2 Å². The van der Waals surface area contributed by atoms with Crippen LogP contribution in [0.2, 0.25) is 5.02 Å². The van der Waals surface area contributed by atoms with Gasteiger partial charge < -0.3 is 19.0 Å². The van der Waals surface area contributed by atoms with Crippen LogP contribution in [-0.2, 0) is 34.2 Å². The molecule has 3 aromatic carbocycles. The molecule has 0 unspecified atom stereocenters. The molecule has 5 aliphatic rings. The summed E-state index contributed by atoms with van der Waals surface area (Å²) in [7, 11) is -2.10. The van der Waals surface area contributed by atoms with E-state index in [-0.39, 0.29) is 18.2 Å². The fourth-order valence-electron chi connectivity index (χ4n) is 9.86. The Labute approximate surface area is 359 Å². The second-order valence-corrected chi connectivity index (χ2v) is 20.0. The summed E-state index contributed by atoms with van der Waals surface area (Å²) in [6.07, 6.45) is 4.94. The topological polar surface area (TPSA) is 171 Å². The third-order valence-electron chi connectivity index (χ3n) is 13.6. The number of nitriles is 1. The summed E-state index contributed by atoms with van der Waals surface area (Å²) in [5.74, 6) is 0.449. The molecular weight excluding hydrogens is 816 g/mol. The standard InChI is InChI=1S/C46H47ClN6O7S/c1-46(17-18-46)61(56,57)51-43(55)26-15-20-53(24-26)38-12-10-31-35(38)21-37-42(36(31)22-48)60-45(49-37)34-8-4-7-33(41(34)47)29-5-3-6-32-30(29)11-13-39(32)59-40-14-9-27(44(50-40)58-2)23-52-19-16-28(54)25-52/h3-9,14,21,26,28,38-39,54H,10-13,15-20,23-25H2,1-2H3,(H,51,55)/t26-,28-,38-,39+/m1/s1. The minimum Gasteiger partial charge on any atom is -0.481 e. The molecule has 13 nitrogen and oxygen atoms in total. The number of ether oxygens (including phenoxy) is 2. The van der Waals surface area contributed by atoms with E-state index < -0.39 is 26.6 Å². The summed E-state index contributed by atoms with van der Waals surface area (Å²) in [4.78, 5) is 27.1. The second-order valence-electron chi connectivity index (χ2n) is 17.4. The van der Waals surface area contributed by atoms with Crippen LogP contribution in [-0.4, -0.2) is 83.3 Å². The smallest absolute Gasteiger partial charge is 0.240 e. The Kier molecular flexibility index (Phi) is 10.1. The summed E-state index contributed by atoms with van der Waals surface area (Å²) in [6.45, 7) is 4.88. The highest BCUT2D eigenvalue weighted by Gasteiger charge is 2.51. The molecule has 2 aromatic heterocycles. The zero-order valence-corrected chi connectivity index (χ0v) is 35.7. The van der Waals surface area contributed by atoms with Crippen LogP contribution in [0.4, 0.5) is 0 Å². The maximum Gasteiger partial charge on any atom is 0.240 e. The number of methoxy groups -OCH3 is 1. The Hall–Kier alpha value is -5.04. The van der Waals surface area contributed by atoms with Crippen molar-refractivity contribution in [2.75, 3.05) is 33.3 Å². The van der Waals surface area contributed by atoms with Crippen molar-refractivity contribution in [3.05, 3.63) is 93.0 Å². The molecule has 3 fully saturated rings. The van der Waals surface area contributed by atoms with Crippen molar-refractivity contribution in [1.29, 1.82) is 5.26 Å². The first-order valence-electron chi connectivity index (χ1n) is 21.1. The number of halogens is 1. The molecule has 2 saturated heterocycles. The third-order valence-corrected chi connectivity index (χ3v) is 16.2. The lowest BCUT2D eigenvalue weighted by Gasteiger charge is -2.25. The van der Waals surface area contributed by atoms with Crippen LogP contribution in [0.1, 0.15) is 91.0 Å². The van der Waals surface area contributed by atoms with E-state index in [1.807, 2.05) is 42.5 Å². The molecule has 2 N–H and O–H groups in total. The number of pyridine rings is 1. The Morgan fingerprint density at radius 3 is 2.56 bits per heavy atom. The van der Waals surface area contributed by atoms with Crippen LogP contribution < -0.4 is 14.2 Å². The van der Waals surface area contributed by atoms with E-state index in [0.29, 0.717) is 96.8 Å². The number of hydrogen-bond acceptors (Lipinski definition) is 12. The molecule has 15 heteroatoms. The molecule has 0 radical (unpaired) electrons. The summed E-state index contributed by atoms with van der Waals surface area (Å²) >= 11 is 7.27. The van der Waals surface area contributed by atoms with Gasteiger partial charge in [0.15, 0.2) is 5.58 Å². The number of oxazole rings is 1. The van der Waals surface area contributed by atoms with Crippen LogP contribution in [0.15, 0.2) is 59.0 Å². The van der Waals surface area contributed by atoms with Crippen molar-refractivity contribution in [3.8, 4) is 40.4 Å². The number of nitrogens with one attached hydrogen (secondary N) is 1. The lowest BCUT2D eigenvalue weighted by atomic mass is 9.95. The van der Waals surface area contributed by atoms with Crippen LogP contribution in [0.5, 0.6) is 11.8 Å². The Balaban J connectivity index is 0.887. The number of aliphatic hydroxyl groups excluding tert-OH is 1. The van der Waals surface area contributed by atoms with Crippen molar-refractivity contribution < 1.29 is 32.2 Å². The van der Waals surface area contributed by atoms with Crippen molar-refractivity contribution in [2.24, 2.45) is 5.92 Å². The second kappa shape index (κ2) is 15.4. The normalized spacial score (nSPS) is 23.2. The predicted octanol–water partition coefficient (Wildman–Crippen LogP) is 7.03. The summed E-state index contributed by atoms with van der Waals surface area (Å²) in [6, 6.07) is 20.2. The number of aliphatic hydroxyl groups is 1. The van der Waals surface area contributed by atoms with Gasteiger partial charge in [0.2, 0.25) is 33.6 Å². The highest BCUT2D eigenvalue weighted by molar-refractivity contribution is 7.91. The molecule has 5 aromatic rings. The number of hydrogen-bond donors (Lipinski definition) is 2. The molecule has 0 bridgehead atoms. The number of nitrogens with zero attached hydrogens (tertiary/aromatic N) is 5. The van der Waals surface area contributed by atoms with Gasteiger partial charge in [-0.25, -0.2) is 13.4 Å². The molecule has 1 amide bonds. The van der Waals surface area contributed by atoms with Gasteiger partial charge in [0.05, 0.1) is 34.5 Å². The molecule has 2 aliphatic heterocycles. The largest absolute Gasteiger partial charge is 0.481 e. The van der Waals surface area contributed by atoms with E-state index in [1.165, 1.54) is 0 Å². The van der Waals surface area contributed by atoms with Crippen molar-refractivity contribution in [2.45, 2.75) is 87.8 Å². The zero-order chi connectivity index (χ0) is 42.2. The molecule has 4 heterocycles. The number of carbonyl (C=O) groups excluding carboxylic acids is 1. The zero-order valence-electron chi connectivity index (χ0n) is 34.1. The summed E-state index contributed by atoms with van der Waals surface area (Å²) in [5.41, 5.74) is 8.96. The molecule has 61 heavy (non-hydrogen) atoms. The first-order chi connectivity index (χ1) is 29.4. The number of β-amino-alcohol motifs (C(OH)–C–C–N with tert-alkyl or cyclic N) is 1. The van der Waals surface area contributed by atoms with Gasteiger partial charge in [0.1, 0.15) is 23.3 Å². The fraction of sp³-hybridized carbons (Fsp3) is 0.435. The van der Waals surface area contributed by atoms with E-state index in [2.05, 4.69) is 32.7 Å². The number of aromatic nitrogens is 2. The molecular formula is C46H47ClN6O7S. The number of amides is 1. The SMILES string of the molecule is COc1nc(O[C@H]2CCc3c(-c4cccc(-c5nc6cc7c(c(C#N)c6o5)CC[C@H]7N5CC[C@@H](C(=O)NS(=O)(=O)C6(C)CC6)C5)c4Cl)cccc32)ccc1CN1CC[C@@H](O)C1. The third kappa shape index (κ3) is 7.14. The number of rotatable bonds is 11. The number of likely N-dealkylation sites (tertiary alicyclic amines) is 2. The maximum atomic E-state index is 13.1. The molecule has 4 atom stereocenters. The number of fused-ring (bicyclic) bond motifs is 3. The lowest BCUT2D eigenvalue weighted by Crippen LogP contribution is -2.42. The molecule has 1 saturated carbocycles. The average Bonchev–Trinajstić information content (AvgIpc) is 3.86. The van der Waals surface area contributed by atoms with Crippen molar-refractivity contribution in [1.82, 2.24) is 24.5 Å². The summed E-state index contributed by atoms with van der Waals surface area (Å²) < 4.78 is 45.6. The van der Waals surface area contributed by atoms with Gasteiger partial charge in [-0.1, -0.05) is 41.9 Å². The minimum atomic E-state index is -3.71. The van der Waals surface area contributed by atoms with Gasteiger partial charge in [-0.05, 0) is 111 Å².